The van der Waals surface area contributed by atoms with E-state index in [0.717, 1.165) is 22.2 Å². The van der Waals surface area contributed by atoms with Crippen LogP contribution in [0.2, 0.25) is 5.02 Å². The first-order chi connectivity index (χ1) is 11.9. The van der Waals surface area contributed by atoms with Gasteiger partial charge < -0.3 is 0 Å². The van der Waals surface area contributed by atoms with E-state index in [-0.39, 0.29) is 17.0 Å². The van der Waals surface area contributed by atoms with Crippen LogP contribution in [0.15, 0.2) is 42.5 Å². The average Bonchev–Trinajstić information content (AvgIpc) is 2.86. The molecule has 1 aromatic heterocycles. The standard InChI is InChI=1S/C19H16ClNO3Se/c1-11-15(10-18(22)25)16-9-14(24-2)7-8-17(16)21(11)19(23)12-3-5-13(20)6-4-12/h3-9H,10H2,1-2H3,(H,22,25)/p-1. The molecule has 0 bridgehead atoms. The predicted molar refractivity (Wildman–Crippen MR) is 98.9 cm³/mol. The van der Waals surface area contributed by atoms with Gasteiger partial charge in [0.05, 0.1) is 0 Å². The first-order valence-corrected chi connectivity index (χ1v) is 8.84. The van der Waals surface area contributed by atoms with Crippen molar-refractivity contribution in [2.45, 2.75) is 13.3 Å². The molecule has 0 aliphatic carbocycles. The molecular weight excluding hydrogens is 405 g/mol. The van der Waals surface area contributed by atoms with Crippen LogP contribution in [-0.4, -0.2) is 38.3 Å². The maximum atomic E-state index is 13.0. The molecule has 1 heterocycles. The van der Waals surface area contributed by atoms with E-state index in [4.69, 9.17) is 16.3 Å². The van der Waals surface area contributed by atoms with Crippen molar-refractivity contribution in [2.75, 3.05) is 7.11 Å². The van der Waals surface area contributed by atoms with E-state index in [1.165, 1.54) is 0 Å². The van der Waals surface area contributed by atoms with Gasteiger partial charge in [-0.2, -0.15) is 0 Å². The molecule has 0 spiro atoms. The Labute approximate surface area is 158 Å². The second kappa shape index (κ2) is 7.04. The Hall–Kier alpha value is -2.07. The van der Waals surface area contributed by atoms with Gasteiger partial charge in [-0.15, -0.1) is 0 Å². The molecule has 0 amide bonds. The summed E-state index contributed by atoms with van der Waals surface area (Å²) in [6, 6.07) is 12.2. The zero-order chi connectivity index (χ0) is 18.1. The van der Waals surface area contributed by atoms with Gasteiger partial charge in [0.25, 0.3) is 0 Å². The summed E-state index contributed by atoms with van der Waals surface area (Å²) in [6.07, 6.45) is 0.219. The number of benzene rings is 2. The van der Waals surface area contributed by atoms with Crippen molar-refractivity contribution in [3.05, 3.63) is 64.3 Å². The second-order valence-corrected chi connectivity index (χ2v) is 7.04. The van der Waals surface area contributed by atoms with E-state index in [9.17, 15) is 9.59 Å². The number of fused-ring (bicyclic) bond motifs is 1. The van der Waals surface area contributed by atoms with Gasteiger partial charge >= 0.3 is 159 Å². The van der Waals surface area contributed by atoms with E-state index in [1.54, 1.807) is 42.0 Å². The van der Waals surface area contributed by atoms with Gasteiger partial charge in [-0.05, 0) is 0 Å². The third-order valence-electron chi connectivity index (χ3n) is 4.16. The Balaban J connectivity index is 2.23. The molecule has 3 rings (SSSR count). The van der Waals surface area contributed by atoms with Gasteiger partial charge in [-0.25, -0.2) is 0 Å². The van der Waals surface area contributed by atoms with E-state index in [2.05, 4.69) is 16.0 Å². The molecule has 0 unspecified atom stereocenters. The number of ether oxygens (including phenoxy) is 1. The number of rotatable bonds is 4. The Kier molecular flexibility index (Phi) is 5.00. The SMILES string of the molecule is COc1ccc2c(c1)c(CC(=O)[Se-])c(C)n2C(=O)c1ccc(Cl)cc1. The number of carbonyl (C=O) groups is 2. The molecule has 0 N–H and O–H groups in total. The van der Waals surface area contributed by atoms with Crippen molar-refractivity contribution in [3.8, 4) is 5.75 Å². The molecule has 25 heavy (non-hydrogen) atoms. The van der Waals surface area contributed by atoms with E-state index in [1.807, 2.05) is 19.1 Å². The van der Waals surface area contributed by atoms with E-state index >= 15 is 0 Å². The van der Waals surface area contributed by atoms with Crippen LogP contribution in [0.5, 0.6) is 5.75 Å². The van der Waals surface area contributed by atoms with Crippen LogP contribution in [0, 0.1) is 6.92 Å². The summed E-state index contributed by atoms with van der Waals surface area (Å²) in [6.45, 7) is 1.85. The summed E-state index contributed by atoms with van der Waals surface area (Å²) in [5.41, 5.74) is 2.84. The van der Waals surface area contributed by atoms with Crippen LogP contribution in [0.25, 0.3) is 10.9 Å². The van der Waals surface area contributed by atoms with Crippen molar-refractivity contribution >= 4 is 49.1 Å². The summed E-state index contributed by atoms with van der Waals surface area (Å²) >= 11 is 8.42. The quantitative estimate of drug-likeness (QED) is 0.608. The van der Waals surface area contributed by atoms with Gasteiger partial charge in [0.1, 0.15) is 0 Å². The summed E-state index contributed by atoms with van der Waals surface area (Å²) in [7, 11) is 1.59. The van der Waals surface area contributed by atoms with Crippen LogP contribution in [0.1, 0.15) is 21.6 Å². The van der Waals surface area contributed by atoms with Crippen LogP contribution in [0.4, 0.5) is 0 Å². The summed E-state index contributed by atoms with van der Waals surface area (Å²) in [4.78, 5) is 24.7. The molecule has 0 fully saturated rings. The van der Waals surface area contributed by atoms with Gasteiger partial charge in [-0.3, -0.25) is 0 Å². The fourth-order valence-electron chi connectivity index (χ4n) is 2.94. The summed E-state index contributed by atoms with van der Waals surface area (Å²) in [5.74, 6) is 0.514. The summed E-state index contributed by atoms with van der Waals surface area (Å²) in [5, 5.41) is 1.41. The van der Waals surface area contributed by atoms with Gasteiger partial charge in [0, 0.05) is 0 Å². The van der Waals surface area contributed by atoms with Gasteiger partial charge in [-0.1, -0.05) is 0 Å². The number of hydrogen-bond donors (Lipinski definition) is 0. The molecule has 0 saturated carbocycles. The number of carbonyl (C=O) groups excluding carboxylic acids is 2. The predicted octanol–water partition coefficient (Wildman–Crippen LogP) is 3.54. The Morgan fingerprint density at radius 1 is 1.16 bits per heavy atom. The number of nitrogens with zero attached hydrogens (tertiary/aromatic N) is 1. The molecule has 6 heteroatoms. The zero-order valence-electron chi connectivity index (χ0n) is 13.7. The van der Waals surface area contributed by atoms with Crippen molar-refractivity contribution < 1.29 is 14.3 Å². The molecule has 0 saturated heterocycles. The third-order valence-corrected chi connectivity index (χ3v) is 4.71. The Morgan fingerprint density at radius 3 is 2.44 bits per heavy atom. The molecule has 0 atom stereocenters. The van der Waals surface area contributed by atoms with Crippen molar-refractivity contribution in [1.82, 2.24) is 4.57 Å². The minimum absolute atomic E-state index is 0.0797. The molecule has 128 valence electrons. The number of aromatic nitrogens is 1. The number of methoxy groups -OCH3 is 1. The van der Waals surface area contributed by atoms with Gasteiger partial charge in [0.2, 0.25) is 0 Å². The first-order valence-electron chi connectivity index (χ1n) is 7.60. The van der Waals surface area contributed by atoms with Crippen molar-refractivity contribution in [2.24, 2.45) is 0 Å². The van der Waals surface area contributed by atoms with Crippen LogP contribution < -0.4 is 4.74 Å². The third kappa shape index (κ3) is 3.36. The number of hydrogen-bond acceptors (Lipinski definition) is 3. The molecule has 0 aliphatic heterocycles. The van der Waals surface area contributed by atoms with Gasteiger partial charge in [0.15, 0.2) is 0 Å². The van der Waals surface area contributed by atoms with Crippen LogP contribution in [0.3, 0.4) is 0 Å². The monoisotopic (exact) mass is 420 g/mol. The Morgan fingerprint density at radius 2 is 1.84 bits per heavy atom. The average molecular weight is 420 g/mol. The number of halogens is 1. The van der Waals surface area contributed by atoms with Crippen molar-refractivity contribution in [1.29, 1.82) is 0 Å². The summed E-state index contributed by atoms with van der Waals surface area (Å²) < 4.78 is 6.84. The maximum absolute atomic E-state index is 13.0. The second-order valence-electron chi connectivity index (χ2n) is 5.64. The topological polar surface area (TPSA) is 48.3 Å². The van der Waals surface area contributed by atoms with Crippen molar-refractivity contribution in [3.63, 3.8) is 0 Å². The molecule has 2 aromatic carbocycles. The fourth-order valence-corrected chi connectivity index (χ4v) is 3.37. The minimum atomic E-state index is -0.164. The van der Waals surface area contributed by atoms with Crippen LogP contribution in [-0.2, 0) is 11.2 Å². The normalized spacial score (nSPS) is 10.8. The molecule has 4 nitrogen and oxygen atoms in total. The first kappa shape index (κ1) is 17.7. The Bertz CT molecular complexity index is 976. The van der Waals surface area contributed by atoms with E-state index < -0.39 is 0 Å². The molecule has 0 radical (unpaired) electrons. The fraction of sp³-hybridized carbons (Fsp3) is 0.158. The molecular formula is C19H15ClNO3Se-. The van der Waals surface area contributed by atoms with E-state index in [0.29, 0.717) is 16.3 Å². The molecule has 0 aliphatic rings. The zero-order valence-corrected chi connectivity index (χ0v) is 16.2. The van der Waals surface area contributed by atoms with Crippen LogP contribution >= 0.6 is 11.6 Å². The molecule has 3 aromatic rings.